The van der Waals surface area contributed by atoms with E-state index >= 15 is 0 Å². The summed E-state index contributed by atoms with van der Waals surface area (Å²) in [7, 11) is 0. The molecule has 0 amide bonds. The molecule has 1 rings (SSSR count). The molecular weight excluding hydrogens is 126 g/mol. The van der Waals surface area contributed by atoms with Crippen LogP contribution in [-0.4, -0.2) is 6.79 Å². The molecule has 1 aromatic carbocycles. The first-order valence-corrected chi connectivity index (χ1v) is 2.67. The highest BCUT2D eigenvalue weighted by Gasteiger charge is 1.79. The molecule has 0 heterocycles. The minimum atomic E-state index is 0.715. The summed E-state index contributed by atoms with van der Waals surface area (Å²) in [4.78, 5) is 8.00. The Labute approximate surface area is 59.7 Å². The van der Waals surface area contributed by atoms with Crippen LogP contribution in [0.3, 0.4) is 0 Å². The van der Waals surface area contributed by atoms with Crippen molar-refractivity contribution < 1.29 is 4.79 Å². The van der Waals surface area contributed by atoms with Crippen LogP contribution in [0.25, 0.3) is 0 Å². The third kappa shape index (κ3) is 2.63. The van der Waals surface area contributed by atoms with Gasteiger partial charge in [0.1, 0.15) is 6.79 Å². The molecule has 0 unspecified atom stereocenters. The van der Waals surface area contributed by atoms with Gasteiger partial charge >= 0.3 is 0 Å². The Balaban J connectivity index is 0.000000371. The molecule has 1 aromatic rings. The third-order valence-corrected chi connectivity index (χ3v) is 0.903. The average Bonchev–Trinajstić information content (AvgIpc) is 2.10. The Kier molecular flexibility index (Phi) is 4.62. The fourth-order valence-corrected chi connectivity index (χ4v) is 0.513. The van der Waals surface area contributed by atoms with Gasteiger partial charge in [0.15, 0.2) is 0 Å². The molecule has 0 bridgehead atoms. The first kappa shape index (κ1) is 8.38. The molecule has 50 valence electrons. The monoisotopic (exact) mass is 133 g/mol. The maximum atomic E-state index is 8.29. The fourth-order valence-electron chi connectivity index (χ4n) is 0.513. The summed E-state index contributed by atoms with van der Waals surface area (Å²) in [5.74, 6) is 0. The largest absolute Gasteiger partial charge is 0.307 e. The van der Waals surface area contributed by atoms with E-state index in [2.05, 4.69) is 0 Å². The normalized spacial score (nSPS) is 6.70. The standard InChI is InChI=1S/C7H5N.CH2O/c8-6-7-4-2-1-3-5-7;1-2/h1-5H;1H2. The van der Waals surface area contributed by atoms with Crippen LogP contribution in [0.4, 0.5) is 0 Å². The summed E-state index contributed by atoms with van der Waals surface area (Å²) in [5, 5.41) is 8.29. The number of hydrogen-bond acceptors (Lipinski definition) is 2. The minimum Gasteiger partial charge on any atom is -0.307 e. The van der Waals surface area contributed by atoms with Crippen molar-refractivity contribution in [3.63, 3.8) is 0 Å². The second-order valence-corrected chi connectivity index (χ2v) is 1.48. The van der Waals surface area contributed by atoms with E-state index in [4.69, 9.17) is 10.1 Å². The van der Waals surface area contributed by atoms with Gasteiger partial charge in [0.05, 0.1) is 11.6 Å². The van der Waals surface area contributed by atoms with Crippen LogP contribution in [0, 0.1) is 11.3 Å². The molecule has 0 aliphatic rings. The summed E-state index contributed by atoms with van der Waals surface area (Å²) in [5.41, 5.74) is 0.715. The number of carbonyl (C=O) groups excluding carboxylic acids is 1. The molecule has 0 aliphatic carbocycles. The minimum absolute atomic E-state index is 0.715. The quantitative estimate of drug-likeness (QED) is 0.536. The summed E-state index contributed by atoms with van der Waals surface area (Å²) in [6, 6.07) is 11.2. The van der Waals surface area contributed by atoms with Gasteiger partial charge < -0.3 is 4.79 Å². The molecule has 0 N–H and O–H groups in total. The van der Waals surface area contributed by atoms with Gasteiger partial charge in [-0.1, -0.05) is 18.2 Å². The Morgan fingerprint density at radius 3 is 2.00 bits per heavy atom. The zero-order chi connectivity index (χ0) is 7.82. The smallest absolute Gasteiger partial charge is 0.106 e. The van der Waals surface area contributed by atoms with Crippen LogP contribution in [0.15, 0.2) is 30.3 Å². The van der Waals surface area contributed by atoms with Crippen molar-refractivity contribution in [1.82, 2.24) is 0 Å². The molecule has 0 aromatic heterocycles. The Morgan fingerprint density at radius 1 is 1.20 bits per heavy atom. The molecule has 0 spiro atoms. The molecular formula is C8H7NO. The molecule has 10 heavy (non-hydrogen) atoms. The highest BCUT2D eigenvalue weighted by molar-refractivity contribution is 5.27. The lowest BCUT2D eigenvalue weighted by Gasteiger charge is -1.80. The van der Waals surface area contributed by atoms with E-state index in [1.807, 2.05) is 31.1 Å². The molecule has 0 saturated carbocycles. The molecule has 0 saturated heterocycles. The van der Waals surface area contributed by atoms with Crippen molar-refractivity contribution in [2.75, 3.05) is 0 Å². The summed E-state index contributed by atoms with van der Waals surface area (Å²) in [6.07, 6.45) is 0. The van der Waals surface area contributed by atoms with Crippen LogP contribution in [0.5, 0.6) is 0 Å². The third-order valence-electron chi connectivity index (χ3n) is 0.903. The lowest BCUT2D eigenvalue weighted by atomic mass is 10.2. The molecule has 2 nitrogen and oxygen atoms in total. The summed E-state index contributed by atoms with van der Waals surface area (Å²) >= 11 is 0. The topological polar surface area (TPSA) is 40.9 Å². The maximum absolute atomic E-state index is 8.29. The summed E-state index contributed by atoms with van der Waals surface area (Å²) < 4.78 is 0. The molecule has 0 fully saturated rings. The van der Waals surface area contributed by atoms with E-state index in [1.54, 1.807) is 12.1 Å². The van der Waals surface area contributed by atoms with Crippen molar-refractivity contribution in [1.29, 1.82) is 5.26 Å². The predicted molar refractivity (Wildman–Crippen MR) is 38.3 cm³/mol. The van der Waals surface area contributed by atoms with Crippen molar-refractivity contribution in [3.05, 3.63) is 35.9 Å². The maximum Gasteiger partial charge on any atom is 0.106 e. The lowest BCUT2D eigenvalue weighted by Crippen LogP contribution is -1.66. The van der Waals surface area contributed by atoms with Gasteiger partial charge in [0.25, 0.3) is 0 Å². The van der Waals surface area contributed by atoms with Gasteiger partial charge in [-0.3, -0.25) is 0 Å². The number of benzene rings is 1. The number of nitriles is 1. The Hall–Kier alpha value is -1.62. The molecule has 0 atom stereocenters. The fraction of sp³-hybridized carbons (Fsp3) is 0. The van der Waals surface area contributed by atoms with Gasteiger partial charge in [0.2, 0.25) is 0 Å². The second kappa shape index (κ2) is 5.52. The Bertz CT molecular complexity index is 212. The van der Waals surface area contributed by atoms with E-state index in [1.165, 1.54) is 0 Å². The van der Waals surface area contributed by atoms with Crippen molar-refractivity contribution in [2.45, 2.75) is 0 Å². The second-order valence-electron chi connectivity index (χ2n) is 1.48. The van der Waals surface area contributed by atoms with Crippen LogP contribution in [0.2, 0.25) is 0 Å². The van der Waals surface area contributed by atoms with Gasteiger partial charge in [-0.05, 0) is 12.1 Å². The van der Waals surface area contributed by atoms with Crippen molar-refractivity contribution in [3.8, 4) is 6.07 Å². The van der Waals surface area contributed by atoms with Crippen molar-refractivity contribution >= 4 is 6.79 Å². The summed E-state index contributed by atoms with van der Waals surface area (Å²) in [6.45, 7) is 2.00. The van der Waals surface area contributed by atoms with Gasteiger partial charge in [-0.25, -0.2) is 0 Å². The number of hydrogen-bond donors (Lipinski definition) is 0. The van der Waals surface area contributed by atoms with E-state index < -0.39 is 0 Å². The van der Waals surface area contributed by atoms with E-state index in [9.17, 15) is 0 Å². The first-order chi connectivity index (χ1) is 4.93. The van der Waals surface area contributed by atoms with E-state index in [0.717, 1.165) is 0 Å². The highest BCUT2D eigenvalue weighted by Crippen LogP contribution is 1.92. The SMILES string of the molecule is C=O.N#Cc1ccccc1. The van der Waals surface area contributed by atoms with Crippen LogP contribution in [0.1, 0.15) is 5.56 Å². The molecule has 0 aliphatic heterocycles. The number of nitrogens with zero attached hydrogens (tertiary/aromatic N) is 1. The van der Waals surface area contributed by atoms with Crippen LogP contribution >= 0.6 is 0 Å². The Morgan fingerprint density at radius 2 is 1.70 bits per heavy atom. The molecule has 2 heteroatoms. The van der Waals surface area contributed by atoms with E-state index in [-0.39, 0.29) is 0 Å². The van der Waals surface area contributed by atoms with E-state index in [0.29, 0.717) is 5.56 Å². The highest BCUT2D eigenvalue weighted by atomic mass is 16.1. The zero-order valence-corrected chi connectivity index (χ0v) is 5.45. The average molecular weight is 133 g/mol. The van der Waals surface area contributed by atoms with Crippen molar-refractivity contribution in [2.24, 2.45) is 0 Å². The van der Waals surface area contributed by atoms with Crippen LogP contribution in [-0.2, 0) is 4.79 Å². The number of rotatable bonds is 0. The zero-order valence-electron chi connectivity index (χ0n) is 5.45. The van der Waals surface area contributed by atoms with Gasteiger partial charge in [0, 0.05) is 0 Å². The number of carbonyl (C=O) groups is 1. The molecule has 0 radical (unpaired) electrons. The predicted octanol–water partition coefficient (Wildman–Crippen LogP) is 1.37. The first-order valence-electron chi connectivity index (χ1n) is 2.67. The van der Waals surface area contributed by atoms with Crippen LogP contribution < -0.4 is 0 Å². The lowest BCUT2D eigenvalue weighted by molar-refractivity contribution is -0.0979. The van der Waals surface area contributed by atoms with Gasteiger partial charge in [-0.2, -0.15) is 5.26 Å². The van der Waals surface area contributed by atoms with Gasteiger partial charge in [-0.15, -0.1) is 0 Å².